The predicted octanol–water partition coefficient (Wildman–Crippen LogP) is 1.76. The summed E-state index contributed by atoms with van der Waals surface area (Å²) in [6, 6.07) is 10.3. The lowest BCUT2D eigenvalue weighted by atomic mass is 10.1. The maximum Gasteiger partial charge on any atom is 0.240 e. The molecule has 2 aromatic rings. The number of nitrogens with zero attached hydrogens (tertiary/aromatic N) is 3. The first kappa shape index (κ1) is 15.7. The number of carbonyl (C=O) groups is 1. The lowest BCUT2D eigenvalue weighted by molar-refractivity contribution is -0.120. The Kier molecular flexibility index (Phi) is 5.02. The molecule has 1 atom stereocenters. The molecule has 0 bridgehead atoms. The van der Waals surface area contributed by atoms with Crippen LogP contribution in [-0.4, -0.2) is 40.1 Å². The van der Waals surface area contributed by atoms with E-state index < -0.39 is 0 Å². The molecule has 1 aromatic heterocycles. The zero-order chi connectivity index (χ0) is 16.1. The number of hydrogen-bond acceptors (Lipinski definition) is 5. The molecule has 1 saturated heterocycles. The highest BCUT2D eigenvalue weighted by Gasteiger charge is 2.22. The Bertz CT molecular complexity index is 641. The third kappa shape index (κ3) is 4.63. The van der Waals surface area contributed by atoms with E-state index in [0.29, 0.717) is 24.7 Å². The highest BCUT2D eigenvalue weighted by Crippen LogP contribution is 2.14. The van der Waals surface area contributed by atoms with E-state index >= 15 is 0 Å². The van der Waals surface area contributed by atoms with Gasteiger partial charge in [-0.2, -0.15) is 4.98 Å². The van der Waals surface area contributed by atoms with Crippen molar-refractivity contribution >= 4 is 5.91 Å². The monoisotopic (exact) mass is 314 g/mol. The van der Waals surface area contributed by atoms with Crippen molar-refractivity contribution < 1.29 is 9.32 Å². The summed E-state index contributed by atoms with van der Waals surface area (Å²) in [4.78, 5) is 17.9. The fourth-order valence-electron chi connectivity index (χ4n) is 3.00. The van der Waals surface area contributed by atoms with Crippen molar-refractivity contribution in [2.75, 3.05) is 13.1 Å². The molecule has 0 spiro atoms. The minimum Gasteiger partial charge on any atom is -0.352 e. The Hall–Kier alpha value is -2.21. The van der Waals surface area contributed by atoms with Crippen molar-refractivity contribution in [3.05, 3.63) is 47.6 Å². The fraction of sp³-hybridized carbons (Fsp3) is 0.471. The van der Waals surface area contributed by atoms with Crippen LogP contribution < -0.4 is 5.32 Å². The number of amides is 1. The lowest BCUT2D eigenvalue weighted by Crippen LogP contribution is -2.46. The van der Waals surface area contributed by atoms with Gasteiger partial charge in [0.15, 0.2) is 5.82 Å². The molecule has 6 nitrogen and oxygen atoms in total. The van der Waals surface area contributed by atoms with Crippen LogP contribution in [0.4, 0.5) is 0 Å². The number of hydrogen-bond donors (Lipinski definition) is 1. The van der Waals surface area contributed by atoms with E-state index in [1.807, 2.05) is 18.2 Å². The maximum atomic E-state index is 11.2. The van der Waals surface area contributed by atoms with Crippen LogP contribution in [0, 0.1) is 0 Å². The van der Waals surface area contributed by atoms with Crippen LogP contribution in [0.5, 0.6) is 0 Å². The summed E-state index contributed by atoms with van der Waals surface area (Å²) in [6.45, 7) is 4.02. The molecule has 0 unspecified atom stereocenters. The highest BCUT2D eigenvalue weighted by atomic mass is 16.5. The molecule has 0 aliphatic carbocycles. The van der Waals surface area contributed by atoms with Crippen LogP contribution in [0.2, 0.25) is 0 Å². The van der Waals surface area contributed by atoms with Crippen molar-refractivity contribution in [2.45, 2.75) is 38.8 Å². The van der Waals surface area contributed by atoms with Gasteiger partial charge >= 0.3 is 0 Å². The normalized spacial score (nSPS) is 18.7. The smallest absolute Gasteiger partial charge is 0.240 e. The average molecular weight is 314 g/mol. The van der Waals surface area contributed by atoms with Crippen molar-refractivity contribution in [1.82, 2.24) is 20.4 Å². The molecule has 1 aliphatic rings. The SMILES string of the molecule is CC(=O)N[C@@H]1CCCN(Cc2nc(Cc3ccccc3)no2)C1. The molecule has 1 fully saturated rings. The standard InChI is InChI=1S/C17H22N4O2/c1-13(22)18-15-8-5-9-21(11-15)12-17-19-16(20-23-17)10-14-6-3-2-4-7-14/h2-4,6-7,15H,5,8-12H2,1H3,(H,18,22)/t15-/m1/s1. The van der Waals surface area contributed by atoms with Crippen molar-refractivity contribution in [1.29, 1.82) is 0 Å². The molecule has 0 saturated carbocycles. The van der Waals surface area contributed by atoms with E-state index in [0.717, 1.165) is 25.9 Å². The molecule has 122 valence electrons. The Balaban J connectivity index is 1.55. The van der Waals surface area contributed by atoms with Crippen LogP contribution >= 0.6 is 0 Å². The molecule has 3 rings (SSSR count). The Morgan fingerprint density at radius 2 is 2.22 bits per heavy atom. The Morgan fingerprint density at radius 3 is 3.00 bits per heavy atom. The second-order valence-electron chi connectivity index (χ2n) is 6.04. The zero-order valence-corrected chi connectivity index (χ0v) is 13.4. The number of likely N-dealkylation sites (tertiary alicyclic amines) is 1. The summed E-state index contributed by atoms with van der Waals surface area (Å²) in [6.07, 6.45) is 2.77. The van der Waals surface area contributed by atoms with Gasteiger partial charge < -0.3 is 9.84 Å². The molecule has 23 heavy (non-hydrogen) atoms. The first-order valence-electron chi connectivity index (χ1n) is 8.04. The van der Waals surface area contributed by atoms with Crippen LogP contribution in [0.3, 0.4) is 0 Å². The van der Waals surface area contributed by atoms with Crippen molar-refractivity contribution in [3.8, 4) is 0 Å². The van der Waals surface area contributed by atoms with Crippen molar-refractivity contribution in [3.63, 3.8) is 0 Å². The van der Waals surface area contributed by atoms with E-state index in [-0.39, 0.29) is 11.9 Å². The van der Waals surface area contributed by atoms with E-state index in [2.05, 4.69) is 32.5 Å². The first-order chi connectivity index (χ1) is 11.2. The summed E-state index contributed by atoms with van der Waals surface area (Å²) in [5.41, 5.74) is 1.17. The van der Waals surface area contributed by atoms with Gasteiger partial charge in [0.1, 0.15) is 0 Å². The number of piperidine rings is 1. The Labute approximate surface area is 135 Å². The third-order valence-corrected chi connectivity index (χ3v) is 3.99. The number of nitrogens with one attached hydrogen (secondary N) is 1. The zero-order valence-electron chi connectivity index (χ0n) is 13.4. The van der Waals surface area contributed by atoms with Gasteiger partial charge in [0.05, 0.1) is 6.54 Å². The van der Waals surface area contributed by atoms with E-state index in [1.165, 1.54) is 5.56 Å². The molecule has 6 heteroatoms. The van der Waals surface area contributed by atoms with Crippen LogP contribution in [0.15, 0.2) is 34.9 Å². The first-order valence-corrected chi connectivity index (χ1v) is 8.04. The summed E-state index contributed by atoms with van der Waals surface area (Å²) < 4.78 is 5.37. The lowest BCUT2D eigenvalue weighted by Gasteiger charge is -2.31. The summed E-state index contributed by atoms with van der Waals surface area (Å²) >= 11 is 0. The van der Waals surface area contributed by atoms with E-state index in [9.17, 15) is 4.79 Å². The maximum absolute atomic E-state index is 11.2. The fourth-order valence-corrected chi connectivity index (χ4v) is 3.00. The Morgan fingerprint density at radius 1 is 1.39 bits per heavy atom. The second kappa shape index (κ2) is 7.37. The van der Waals surface area contributed by atoms with Crippen molar-refractivity contribution in [2.24, 2.45) is 0 Å². The van der Waals surface area contributed by atoms with Gasteiger partial charge in [0, 0.05) is 25.9 Å². The van der Waals surface area contributed by atoms with Gasteiger partial charge in [-0.15, -0.1) is 0 Å². The molecule has 1 amide bonds. The van der Waals surface area contributed by atoms with Crippen LogP contribution in [-0.2, 0) is 17.8 Å². The number of benzene rings is 1. The van der Waals surface area contributed by atoms with Crippen LogP contribution in [0.1, 0.15) is 37.0 Å². The summed E-state index contributed by atoms with van der Waals surface area (Å²) in [5, 5.41) is 7.05. The topological polar surface area (TPSA) is 71.3 Å². The predicted molar refractivity (Wildman–Crippen MR) is 85.7 cm³/mol. The van der Waals surface area contributed by atoms with Gasteiger partial charge in [-0.3, -0.25) is 9.69 Å². The summed E-state index contributed by atoms with van der Waals surface area (Å²) in [7, 11) is 0. The van der Waals surface area contributed by atoms with Crippen LogP contribution in [0.25, 0.3) is 0 Å². The number of rotatable bonds is 5. The largest absolute Gasteiger partial charge is 0.352 e. The molecular weight excluding hydrogens is 292 g/mol. The summed E-state index contributed by atoms with van der Waals surface area (Å²) in [5.74, 6) is 1.38. The number of aromatic nitrogens is 2. The molecule has 0 radical (unpaired) electrons. The van der Waals surface area contributed by atoms with Gasteiger partial charge in [-0.05, 0) is 24.9 Å². The molecule has 1 N–H and O–H groups in total. The average Bonchev–Trinajstić information content (AvgIpc) is 2.95. The van der Waals surface area contributed by atoms with Gasteiger partial charge in [-0.25, -0.2) is 0 Å². The third-order valence-electron chi connectivity index (χ3n) is 3.99. The molecular formula is C17H22N4O2. The molecule has 2 heterocycles. The minimum atomic E-state index is 0.0276. The minimum absolute atomic E-state index is 0.0276. The molecule has 1 aromatic carbocycles. The second-order valence-corrected chi connectivity index (χ2v) is 6.04. The number of carbonyl (C=O) groups excluding carboxylic acids is 1. The quantitative estimate of drug-likeness (QED) is 0.910. The van der Waals surface area contributed by atoms with E-state index in [4.69, 9.17) is 4.52 Å². The van der Waals surface area contributed by atoms with E-state index in [1.54, 1.807) is 6.92 Å². The van der Waals surface area contributed by atoms with Gasteiger partial charge in [0.2, 0.25) is 11.8 Å². The highest BCUT2D eigenvalue weighted by molar-refractivity contribution is 5.73. The van der Waals surface area contributed by atoms with Gasteiger partial charge in [0.25, 0.3) is 0 Å². The molecule has 1 aliphatic heterocycles. The van der Waals surface area contributed by atoms with Gasteiger partial charge in [-0.1, -0.05) is 35.5 Å².